The number of benzene rings is 1. The van der Waals surface area contributed by atoms with Gasteiger partial charge in [0.1, 0.15) is 0 Å². The molecular weight excluding hydrogens is 226 g/mol. The molecule has 1 N–H and O–H groups in total. The van der Waals surface area contributed by atoms with Crippen LogP contribution in [0, 0.1) is 5.92 Å². The summed E-state index contributed by atoms with van der Waals surface area (Å²) in [5, 5.41) is 7.11. The minimum atomic E-state index is 0.0320. The van der Waals surface area contributed by atoms with Gasteiger partial charge in [0.15, 0.2) is 0 Å². The molecule has 1 aromatic heterocycles. The summed E-state index contributed by atoms with van der Waals surface area (Å²) >= 11 is 0. The van der Waals surface area contributed by atoms with Crippen LogP contribution in [0.4, 0.5) is 5.69 Å². The maximum Gasteiger partial charge on any atom is 0.224 e. The Hall–Kier alpha value is -2.10. The third-order valence-corrected chi connectivity index (χ3v) is 2.52. The van der Waals surface area contributed by atoms with E-state index in [1.807, 2.05) is 50.4 Å². The molecule has 0 saturated heterocycles. The van der Waals surface area contributed by atoms with E-state index in [0.717, 1.165) is 11.4 Å². The Bertz CT molecular complexity index is 518. The van der Waals surface area contributed by atoms with E-state index < -0.39 is 0 Å². The number of nitrogens with one attached hydrogen (secondary N) is 1. The summed E-state index contributed by atoms with van der Waals surface area (Å²) in [4.78, 5) is 11.8. The first kappa shape index (κ1) is 12.4. The maximum atomic E-state index is 11.8. The van der Waals surface area contributed by atoms with Crippen molar-refractivity contribution >= 4 is 11.6 Å². The highest BCUT2D eigenvalue weighted by atomic mass is 16.1. The Kier molecular flexibility index (Phi) is 3.77. The van der Waals surface area contributed by atoms with Gasteiger partial charge in [-0.3, -0.25) is 4.79 Å². The molecule has 2 aromatic rings. The predicted octanol–water partition coefficient (Wildman–Crippen LogP) is 2.86. The van der Waals surface area contributed by atoms with E-state index >= 15 is 0 Å². The van der Waals surface area contributed by atoms with E-state index in [1.54, 1.807) is 10.9 Å². The molecule has 0 saturated carbocycles. The second-order valence-electron chi connectivity index (χ2n) is 4.61. The summed E-state index contributed by atoms with van der Waals surface area (Å²) in [7, 11) is 0. The number of rotatable bonds is 4. The first-order chi connectivity index (χ1) is 8.66. The Morgan fingerprint density at radius 1 is 1.33 bits per heavy atom. The van der Waals surface area contributed by atoms with Crippen molar-refractivity contribution in [2.75, 3.05) is 5.32 Å². The summed E-state index contributed by atoms with van der Waals surface area (Å²) in [5.74, 6) is 0.381. The zero-order valence-corrected chi connectivity index (χ0v) is 10.6. The van der Waals surface area contributed by atoms with Gasteiger partial charge in [0.2, 0.25) is 5.91 Å². The summed E-state index contributed by atoms with van der Waals surface area (Å²) < 4.78 is 1.74. The average Bonchev–Trinajstić information content (AvgIpc) is 2.81. The van der Waals surface area contributed by atoms with Crippen molar-refractivity contribution in [3.05, 3.63) is 42.7 Å². The van der Waals surface area contributed by atoms with Gasteiger partial charge in [-0.15, -0.1) is 0 Å². The highest BCUT2D eigenvalue weighted by Crippen LogP contribution is 2.19. The van der Waals surface area contributed by atoms with Crippen molar-refractivity contribution in [2.45, 2.75) is 20.3 Å². The second kappa shape index (κ2) is 5.49. The Morgan fingerprint density at radius 3 is 2.78 bits per heavy atom. The maximum absolute atomic E-state index is 11.8. The minimum Gasteiger partial charge on any atom is -0.324 e. The topological polar surface area (TPSA) is 46.9 Å². The minimum absolute atomic E-state index is 0.0320. The molecule has 0 aliphatic heterocycles. The molecule has 0 unspecified atom stereocenters. The number of carbonyl (C=O) groups is 1. The largest absolute Gasteiger partial charge is 0.324 e. The molecule has 1 heterocycles. The van der Waals surface area contributed by atoms with Crippen molar-refractivity contribution in [2.24, 2.45) is 5.92 Å². The van der Waals surface area contributed by atoms with E-state index in [2.05, 4.69) is 10.4 Å². The van der Waals surface area contributed by atoms with Crippen molar-refractivity contribution in [3.8, 4) is 5.69 Å². The molecule has 0 spiro atoms. The van der Waals surface area contributed by atoms with Gasteiger partial charge in [-0.25, -0.2) is 4.68 Å². The molecule has 1 aromatic carbocycles. The monoisotopic (exact) mass is 243 g/mol. The van der Waals surface area contributed by atoms with Crippen molar-refractivity contribution in [3.63, 3.8) is 0 Å². The van der Waals surface area contributed by atoms with Crippen molar-refractivity contribution in [1.29, 1.82) is 0 Å². The van der Waals surface area contributed by atoms with Gasteiger partial charge in [0.25, 0.3) is 0 Å². The van der Waals surface area contributed by atoms with Crippen LogP contribution in [0.25, 0.3) is 5.69 Å². The first-order valence-electron chi connectivity index (χ1n) is 6.05. The molecule has 4 nitrogen and oxygen atoms in total. The number of anilines is 1. The van der Waals surface area contributed by atoms with Crippen LogP contribution in [0.15, 0.2) is 42.7 Å². The van der Waals surface area contributed by atoms with Crippen LogP contribution in [-0.2, 0) is 4.79 Å². The van der Waals surface area contributed by atoms with E-state index in [1.165, 1.54) is 0 Å². The summed E-state index contributed by atoms with van der Waals surface area (Å²) in [6, 6.07) is 9.49. The quantitative estimate of drug-likeness (QED) is 0.897. The molecule has 0 fully saturated rings. The number of carbonyl (C=O) groups excluding carboxylic acids is 1. The van der Waals surface area contributed by atoms with Gasteiger partial charge in [0.05, 0.1) is 11.4 Å². The molecule has 4 heteroatoms. The van der Waals surface area contributed by atoms with Gasteiger partial charge in [-0.1, -0.05) is 26.0 Å². The van der Waals surface area contributed by atoms with E-state index in [-0.39, 0.29) is 5.91 Å². The summed E-state index contributed by atoms with van der Waals surface area (Å²) in [5.41, 5.74) is 1.66. The SMILES string of the molecule is CC(C)CC(=O)Nc1ccccc1-n1cccn1. The third kappa shape index (κ3) is 2.97. The molecule has 0 radical (unpaired) electrons. The van der Waals surface area contributed by atoms with Crippen LogP contribution in [0.5, 0.6) is 0 Å². The number of hydrogen-bond acceptors (Lipinski definition) is 2. The van der Waals surface area contributed by atoms with Crippen LogP contribution in [0.2, 0.25) is 0 Å². The third-order valence-electron chi connectivity index (χ3n) is 2.52. The highest BCUT2D eigenvalue weighted by molar-refractivity contribution is 5.92. The van der Waals surface area contributed by atoms with Crippen molar-refractivity contribution < 1.29 is 4.79 Å². The fourth-order valence-electron chi connectivity index (χ4n) is 1.76. The van der Waals surface area contributed by atoms with Crippen LogP contribution in [-0.4, -0.2) is 15.7 Å². The number of nitrogens with zero attached hydrogens (tertiary/aromatic N) is 2. The van der Waals surface area contributed by atoms with Gasteiger partial charge >= 0.3 is 0 Å². The van der Waals surface area contributed by atoms with E-state index in [0.29, 0.717) is 12.3 Å². The lowest BCUT2D eigenvalue weighted by Gasteiger charge is -2.11. The lowest BCUT2D eigenvalue weighted by molar-refractivity contribution is -0.116. The van der Waals surface area contributed by atoms with Gasteiger partial charge in [0, 0.05) is 18.8 Å². The fraction of sp³-hybridized carbons (Fsp3) is 0.286. The fourth-order valence-corrected chi connectivity index (χ4v) is 1.76. The molecule has 0 atom stereocenters. The van der Waals surface area contributed by atoms with Crippen LogP contribution in [0.3, 0.4) is 0 Å². The zero-order valence-electron chi connectivity index (χ0n) is 10.6. The highest BCUT2D eigenvalue weighted by Gasteiger charge is 2.09. The second-order valence-corrected chi connectivity index (χ2v) is 4.61. The molecule has 0 bridgehead atoms. The standard InChI is InChI=1S/C14H17N3O/c1-11(2)10-14(18)16-12-6-3-4-7-13(12)17-9-5-8-15-17/h3-9,11H,10H2,1-2H3,(H,16,18). The molecule has 1 amide bonds. The molecule has 0 aliphatic carbocycles. The van der Waals surface area contributed by atoms with Crippen LogP contribution < -0.4 is 5.32 Å². The zero-order chi connectivity index (χ0) is 13.0. The molecule has 94 valence electrons. The molecular formula is C14H17N3O. The summed E-state index contributed by atoms with van der Waals surface area (Å²) in [6.07, 6.45) is 4.09. The first-order valence-corrected chi connectivity index (χ1v) is 6.05. The molecule has 18 heavy (non-hydrogen) atoms. The van der Waals surface area contributed by atoms with E-state index in [4.69, 9.17) is 0 Å². The van der Waals surface area contributed by atoms with Gasteiger partial charge in [-0.2, -0.15) is 5.10 Å². The smallest absolute Gasteiger partial charge is 0.224 e. The number of aromatic nitrogens is 2. The summed E-state index contributed by atoms with van der Waals surface area (Å²) in [6.45, 7) is 4.05. The number of para-hydroxylation sites is 2. The molecule has 0 aliphatic rings. The molecule has 2 rings (SSSR count). The number of hydrogen-bond donors (Lipinski definition) is 1. The number of amides is 1. The lowest BCUT2D eigenvalue weighted by Crippen LogP contribution is -2.15. The normalized spacial score (nSPS) is 10.6. The van der Waals surface area contributed by atoms with Crippen molar-refractivity contribution in [1.82, 2.24) is 9.78 Å². The van der Waals surface area contributed by atoms with Crippen LogP contribution >= 0.6 is 0 Å². The lowest BCUT2D eigenvalue weighted by atomic mass is 10.1. The predicted molar refractivity (Wildman–Crippen MR) is 71.6 cm³/mol. The van der Waals surface area contributed by atoms with Gasteiger partial charge in [-0.05, 0) is 24.1 Å². The van der Waals surface area contributed by atoms with Crippen LogP contribution in [0.1, 0.15) is 20.3 Å². The Balaban J connectivity index is 2.21. The average molecular weight is 243 g/mol. The van der Waals surface area contributed by atoms with Gasteiger partial charge < -0.3 is 5.32 Å². The Labute approximate surface area is 107 Å². The van der Waals surface area contributed by atoms with E-state index in [9.17, 15) is 4.79 Å². The Morgan fingerprint density at radius 2 is 2.11 bits per heavy atom.